The van der Waals surface area contributed by atoms with Gasteiger partial charge >= 0.3 is 0 Å². The van der Waals surface area contributed by atoms with E-state index in [0.717, 1.165) is 51.1 Å². The molecule has 3 aliphatic rings. The molecule has 1 aromatic rings. The van der Waals surface area contributed by atoms with E-state index in [4.69, 9.17) is 14.2 Å². The minimum atomic E-state index is -0.290. The third-order valence-electron chi connectivity index (χ3n) is 6.12. The van der Waals surface area contributed by atoms with Crippen molar-refractivity contribution in [2.24, 2.45) is 0 Å². The van der Waals surface area contributed by atoms with E-state index in [1.165, 1.54) is 0 Å². The van der Waals surface area contributed by atoms with Crippen LogP contribution in [0.25, 0.3) is 0 Å². The number of hydrogen-bond acceptors (Lipinski definition) is 7. The number of amides is 1. The van der Waals surface area contributed by atoms with Crippen molar-refractivity contribution in [3.05, 3.63) is 11.7 Å². The number of nitrogens with zero attached hydrogens (tertiary/aromatic N) is 4. The molecule has 1 amide bonds. The molecule has 1 atom stereocenters. The maximum atomic E-state index is 12.9. The predicted octanol–water partition coefficient (Wildman–Crippen LogP) is 0.706. The minimum Gasteiger partial charge on any atom is -0.378 e. The summed E-state index contributed by atoms with van der Waals surface area (Å²) in [7, 11) is 2.09. The van der Waals surface area contributed by atoms with Crippen LogP contribution in [0.2, 0.25) is 0 Å². The fourth-order valence-corrected chi connectivity index (χ4v) is 4.41. The molecule has 0 aromatic carbocycles. The van der Waals surface area contributed by atoms with E-state index in [-0.39, 0.29) is 17.4 Å². The van der Waals surface area contributed by atoms with Gasteiger partial charge in [0.05, 0.1) is 24.7 Å². The number of nitrogens with one attached hydrogen (secondary N) is 1. The largest absolute Gasteiger partial charge is 0.378 e. The number of likely N-dealkylation sites (N-methyl/N-ethyl adjacent to an activating group) is 1. The number of carbonyl (C=O) groups excluding carboxylic acids is 1. The smallest absolute Gasteiger partial charge is 0.233 e. The summed E-state index contributed by atoms with van der Waals surface area (Å²) in [5.41, 5.74) is -0.290. The van der Waals surface area contributed by atoms with Gasteiger partial charge in [-0.1, -0.05) is 18.0 Å². The molecule has 8 nitrogen and oxygen atoms in total. The molecule has 2 aliphatic heterocycles. The first-order valence-electron chi connectivity index (χ1n) is 9.78. The maximum absolute atomic E-state index is 12.9. The van der Waals surface area contributed by atoms with Gasteiger partial charge in [-0.05, 0) is 19.9 Å². The second-order valence-electron chi connectivity index (χ2n) is 7.82. The van der Waals surface area contributed by atoms with E-state index in [9.17, 15) is 4.79 Å². The zero-order valence-electron chi connectivity index (χ0n) is 15.6. The van der Waals surface area contributed by atoms with E-state index >= 15 is 0 Å². The number of rotatable bonds is 4. The monoisotopic (exact) mass is 363 g/mol. The van der Waals surface area contributed by atoms with Crippen molar-refractivity contribution in [1.82, 2.24) is 25.3 Å². The summed E-state index contributed by atoms with van der Waals surface area (Å²) in [5.74, 6) is 1.58. The molecule has 144 valence electrons. The van der Waals surface area contributed by atoms with E-state index in [0.29, 0.717) is 38.6 Å². The second-order valence-corrected chi connectivity index (χ2v) is 7.82. The molecule has 0 spiro atoms. The van der Waals surface area contributed by atoms with Gasteiger partial charge in [0.2, 0.25) is 11.8 Å². The highest BCUT2D eigenvalue weighted by atomic mass is 16.5. The highest BCUT2D eigenvalue weighted by Gasteiger charge is 2.44. The molecule has 1 unspecified atom stereocenters. The van der Waals surface area contributed by atoms with Crippen molar-refractivity contribution >= 4 is 5.91 Å². The lowest BCUT2D eigenvalue weighted by Gasteiger charge is -2.31. The van der Waals surface area contributed by atoms with E-state index < -0.39 is 0 Å². The van der Waals surface area contributed by atoms with Crippen LogP contribution < -0.4 is 5.32 Å². The highest BCUT2D eigenvalue weighted by Crippen LogP contribution is 2.43. The molecule has 1 aliphatic carbocycles. The van der Waals surface area contributed by atoms with Crippen LogP contribution in [0.1, 0.15) is 49.9 Å². The predicted molar refractivity (Wildman–Crippen MR) is 94.7 cm³/mol. The quantitative estimate of drug-likeness (QED) is 0.843. The van der Waals surface area contributed by atoms with Crippen molar-refractivity contribution < 1.29 is 14.1 Å². The maximum Gasteiger partial charge on any atom is 0.233 e. The first-order valence-corrected chi connectivity index (χ1v) is 9.78. The molecule has 0 radical (unpaired) electrons. The lowest BCUT2D eigenvalue weighted by atomic mass is 9.82. The van der Waals surface area contributed by atoms with Gasteiger partial charge in [0.1, 0.15) is 0 Å². The van der Waals surface area contributed by atoms with Crippen LogP contribution in [-0.2, 0) is 14.9 Å². The molecular weight excluding hydrogens is 334 g/mol. The molecule has 3 fully saturated rings. The van der Waals surface area contributed by atoms with Crippen molar-refractivity contribution in [1.29, 1.82) is 0 Å². The Morgan fingerprint density at radius 1 is 1.27 bits per heavy atom. The summed E-state index contributed by atoms with van der Waals surface area (Å²) in [4.78, 5) is 21.8. The van der Waals surface area contributed by atoms with Gasteiger partial charge in [-0.15, -0.1) is 0 Å². The summed E-state index contributed by atoms with van der Waals surface area (Å²) in [6.07, 6.45) is 4.58. The number of morpholine rings is 1. The van der Waals surface area contributed by atoms with Crippen LogP contribution in [-0.4, -0.2) is 78.8 Å². The number of carbonyl (C=O) groups is 1. The average Bonchev–Trinajstić information content (AvgIpc) is 3.33. The van der Waals surface area contributed by atoms with Gasteiger partial charge in [0, 0.05) is 39.1 Å². The van der Waals surface area contributed by atoms with E-state index in [1.807, 2.05) is 4.90 Å². The Morgan fingerprint density at radius 3 is 2.77 bits per heavy atom. The molecule has 4 rings (SSSR count). The van der Waals surface area contributed by atoms with Gasteiger partial charge in [-0.2, -0.15) is 4.98 Å². The summed E-state index contributed by atoms with van der Waals surface area (Å²) in [6.45, 7) is 5.40. The van der Waals surface area contributed by atoms with Gasteiger partial charge in [-0.25, -0.2) is 0 Å². The Kier molecular flexibility index (Phi) is 5.24. The molecule has 8 heteroatoms. The summed E-state index contributed by atoms with van der Waals surface area (Å²) in [6, 6.07) is 0.134. The van der Waals surface area contributed by atoms with Crippen LogP contribution in [0, 0.1) is 0 Å². The first-order chi connectivity index (χ1) is 12.7. The van der Waals surface area contributed by atoms with Gasteiger partial charge in [-0.3, -0.25) is 9.69 Å². The van der Waals surface area contributed by atoms with Crippen LogP contribution in [0.4, 0.5) is 0 Å². The summed E-state index contributed by atoms with van der Waals surface area (Å²) < 4.78 is 11.1. The molecule has 3 heterocycles. The molecular formula is C18H29N5O3. The molecule has 1 N–H and O–H groups in total. The Morgan fingerprint density at radius 2 is 2.04 bits per heavy atom. The third-order valence-corrected chi connectivity index (χ3v) is 6.12. The first kappa shape index (κ1) is 17.9. The minimum absolute atomic E-state index is 0.134. The summed E-state index contributed by atoms with van der Waals surface area (Å²) >= 11 is 0. The fourth-order valence-electron chi connectivity index (χ4n) is 4.41. The van der Waals surface area contributed by atoms with Crippen LogP contribution >= 0.6 is 0 Å². The Bertz CT molecular complexity index is 622. The Balaban J connectivity index is 1.51. The summed E-state index contributed by atoms with van der Waals surface area (Å²) in [5, 5.41) is 7.68. The van der Waals surface area contributed by atoms with Gasteiger partial charge in [0.15, 0.2) is 5.82 Å². The molecule has 26 heavy (non-hydrogen) atoms. The standard InChI is InChI=1S/C18H29N5O3/c1-22-7-6-19-13-14(22)16-20-17(26-21-16)18(4-2-3-5-18)12-15(24)23-8-10-25-11-9-23/h14,19H,2-13H2,1H3. The van der Waals surface area contributed by atoms with E-state index in [1.54, 1.807) is 0 Å². The third kappa shape index (κ3) is 3.50. The fraction of sp³-hybridized carbons (Fsp3) is 0.833. The van der Waals surface area contributed by atoms with Gasteiger partial charge in [0.25, 0.3) is 0 Å². The molecule has 1 saturated carbocycles. The van der Waals surface area contributed by atoms with Crippen molar-refractivity contribution in [3.8, 4) is 0 Å². The Labute approximate surface area is 154 Å². The number of piperazine rings is 1. The molecule has 1 aromatic heterocycles. The highest BCUT2D eigenvalue weighted by molar-refractivity contribution is 5.77. The SMILES string of the molecule is CN1CCNCC1c1noc(C2(CC(=O)N3CCOCC3)CCCC2)n1. The normalized spacial score (nSPS) is 27.0. The zero-order chi connectivity index (χ0) is 18.0. The molecule has 2 saturated heterocycles. The van der Waals surface area contributed by atoms with Gasteiger partial charge < -0.3 is 19.5 Å². The number of ether oxygens (including phenoxy) is 1. The van der Waals surface area contributed by atoms with Crippen molar-refractivity contribution in [2.75, 3.05) is 53.0 Å². The van der Waals surface area contributed by atoms with Crippen LogP contribution in [0.3, 0.4) is 0 Å². The lowest BCUT2D eigenvalue weighted by molar-refractivity contribution is -0.136. The molecule has 0 bridgehead atoms. The number of aromatic nitrogens is 2. The van der Waals surface area contributed by atoms with Crippen molar-refractivity contribution in [3.63, 3.8) is 0 Å². The lowest BCUT2D eigenvalue weighted by Crippen LogP contribution is -2.44. The average molecular weight is 363 g/mol. The van der Waals surface area contributed by atoms with Crippen molar-refractivity contribution in [2.45, 2.75) is 43.6 Å². The number of hydrogen-bond donors (Lipinski definition) is 1. The van der Waals surface area contributed by atoms with E-state index in [2.05, 4.69) is 22.4 Å². The second kappa shape index (κ2) is 7.62. The Hall–Kier alpha value is -1.51. The zero-order valence-corrected chi connectivity index (χ0v) is 15.6. The topological polar surface area (TPSA) is 83.7 Å². The van der Waals surface area contributed by atoms with Crippen LogP contribution in [0.15, 0.2) is 4.52 Å². The van der Waals surface area contributed by atoms with Crippen LogP contribution in [0.5, 0.6) is 0 Å².